The number of carbonyl (C=O) groups is 1. The molecule has 1 aliphatic heterocycles. The van der Waals surface area contributed by atoms with Crippen molar-refractivity contribution in [2.45, 2.75) is 31.5 Å². The van der Waals surface area contributed by atoms with E-state index in [2.05, 4.69) is 26.9 Å². The second-order valence-corrected chi connectivity index (χ2v) is 6.22. The van der Waals surface area contributed by atoms with Crippen LogP contribution < -0.4 is 10.6 Å². The second kappa shape index (κ2) is 6.09. The molecule has 0 spiro atoms. The first-order valence-electron chi connectivity index (χ1n) is 8.13. The van der Waals surface area contributed by atoms with Gasteiger partial charge in [0.2, 0.25) is 5.91 Å². The first-order valence-corrected chi connectivity index (χ1v) is 8.13. The zero-order valence-corrected chi connectivity index (χ0v) is 13.5. The average Bonchev–Trinajstić information content (AvgIpc) is 3.20. The quantitative estimate of drug-likeness (QED) is 0.755. The fourth-order valence-electron chi connectivity index (χ4n) is 3.30. The fraction of sp³-hybridized carbons (Fsp3) is 0.353. The van der Waals surface area contributed by atoms with Gasteiger partial charge in [-0.2, -0.15) is 10.2 Å². The minimum absolute atomic E-state index is 0.0539. The van der Waals surface area contributed by atoms with Gasteiger partial charge in [-0.05, 0) is 18.6 Å². The predicted octanol–water partition coefficient (Wildman–Crippen LogP) is 1.18. The molecule has 1 aliphatic rings. The van der Waals surface area contributed by atoms with E-state index in [0.717, 1.165) is 23.1 Å². The van der Waals surface area contributed by atoms with E-state index in [1.54, 1.807) is 4.68 Å². The van der Waals surface area contributed by atoms with Crippen LogP contribution in [0.15, 0.2) is 43.0 Å². The van der Waals surface area contributed by atoms with Gasteiger partial charge in [0.15, 0.2) is 0 Å². The molecule has 1 amide bonds. The molecule has 7 heteroatoms. The van der Waals surface area contributed by atoms with Crippen molar-refractivity contribution in [3.05, 3.63) is 54.1 Å². The smallest absolute Gasteiger partial charge is 0.220 e. The Labute approximate surface area is 139 Å². The number of aryl methyl sites for hydroxylation is 1. The summed E-state index contributed by atoms with van der Waals surface area (Å²) in [6.07, 6.45) is 8.97. The lowest BCUT2D eigenvalue weighted by Gasteiger charge is -2.32. The molecule has 2 atom stereocenters. The van der Waals surface area contributed by atoms with Crippen molar-refractivity contribution in [1.82, 2.24) is 30.0 Å². The van der Waals surface area contributed by atoms with Gasteiger partial charge in [0.05, 0.1) is 24.0 Å². The molecular weight excluding hydrogens is 304 g/mol. The maximum atomic E-state index is 11.8. The van der Waals surface area contributed by atoms with Gasteiger partial charge in [0.1, 0.15) is 0 Å². The number of hydrogen-bond donors (Lipinski definition) is 2. The van der Waals surface area contributed by atoms with E-state index in [4.69, 9.17) is 0 Å². The summed E-state index contributed by atoms with van der Waals surface area (Å²) in [5, 5.41) is 15.3. The third-order valence-corrected chi connectivity index (χ3v) is 4.55. The average molecular weight is 324 g/mol. The van der Waals surface area contributed by atoms with Gasteiger partial charge in [-0.3, -0.25) is 9.48 Å². The number of nitrogens with zero attached hydrogens (tertiary/aromatic N) is 4. The molecule has 3 aromatic rings. The van der Waals surface area contributed by atoms with E-state index >= 15 is 0 Å². The van der Waals surface area contributed by atoms with Crippen LogP contribution in [0.2, 0.25) is 0 Å². The molecule has 0 aromatic carbocycles. The molecule has 1 saturated heterocycles. The third kappa shape index (κ3) is 2.78. The van der Waals surface area contributed by atoms with Crippen molar-refractivity contribution < 1.29 is 4.79 Å². The number of nitrogens with one attached hydrogen (secondary N) is 2. The van der Waals surface area contributed by atoms with Crippen LogP contribution in [0.5, 0.6) is 0 Å². The van der Waals surface area contributed by atoms with E-state index in [-0.39, 0.29) is 18.0 Å². The van der Waals surface area contributed by atoms with Gasteiger partial charge in [-0.15, -0.1) is 0 Å². The highest BCUT2D eigenvalue weighted by Gasteiger charge is 2.30. The monoisotopic (exact) mass is 324 g/mol. The largest absolute Gasteiger partial charge is 0.348 e. The molecule has 0 saturated carbocycles. The SMILES string of the molecule is Cn1cc([C@@H]2NC(=O)CC[C@H]2NCc2cnn3ccccc23)cn1. The van der Waals surface area contributed by atoms with Crippen molar-refractivity contribution in [1.29, 1.82) is 0 Å². The standard InChI is InChI=1S/C17H20N6O/c1-22-11-13(10-19-22)17-14(5-6-16(24)21-17)18-8-12-9-20-23-7-3-2-4-15(12)23/h2-4,7,9-11,14,17-18H,5-6,8H2,1H3,(H,21,24)/t14-,17+/m1/s1. The van der Waals surface area contributed by atoms with Crippen molar-refractivity contribution in [3.63, 3.8) is 0 Å². The Balaban J connectivity index is 1.52. The van der Waals surface area contributed by atoms with Gasteiger partial charge in [0, 0.05) is 49.6 Å². The Morgan fingerprint density at radius 1 is 1.33 bits per heavy atom. The fourth-order valence-corrected chi connectivity index (χ4v) is 3.30. The molecule has 4 rings (SSSR count). The molecule has 1 fully saturated rings. The van der Waals surface area contributed by atoms with Gasteiger partial charge in [0.25, 0.3) is 0 Å². The number of hydrogen-bond acceptors (Lipinski definition) is 4. The predicted molar refractivity (Wildman–Crippen MR) is 89.1 cm³/mol. The third-order valence-electron chi connectivity index (χ3n) is 4.55. The maximum Gasteiger partial charge on any atom is 0.220 e. The van der Waals surface area contributed by atoms with Crippen molar-refractivity contribution in [3.8, 4) is 0 Å². The molecule has 0 aliphatic carbocycles. The summed E-state index contributed by atoms with van der Waals surface area (Å²) in [6, 6.07) is 6.16. The zero-order valence-electron chi connectivity index (χ0n) is 13.5. The van der Waals surface area contributed by atoms with Crippen LogP contribution in [-0.2, 0) is 18.4 Å². The van der Waals surface area contributed by atoms with Gasteiger partial charge >= 0.3 is 0 Å². The molecule has 124 valence electrons. The van der Waals surface area contributed by atoms with Gasteiger partial charge in [-0.25, -0.2) is 4.52 Å². The summed E-state index contributed by atoms with van der Waals surface area (Å²) in [7, 11) is 1.88. The van der Waals surface area contributed by atoms with E-state index in [1.807, 2.05) is 48.5 Å². The van der Waals surface area contributed by atoms with Crippen LogP contribution >= 0.6 is 0 Å². The number of piperidine rings is 1. The summed E-state index contributed by atoms with van der Waals surface area (Å²) < 4.78 is 3.64. The summed E-state index contributed by atoms with van der Waals surface area (Å²) in [4.78, 5) is 11.8. The molecule has 0 bridgehead atoms. The number of pyridine rings is 1. The van der Waals surface area contributed by atoms with Gasteiger partial charge in [-0.1, -0.05) is 6.07 Å². The number of amides is 1. The van der Waals surface area contributed by atoms with E-state index < -0.39 is 0 Å². The summed E-state index contributed by atoms with van der Waals surface area (Å²) in [5.74, 6) is 0.0953. The number of aromatic nitrogens is 4. The van der Waals surface area contributed by atoms with Crippen molar-refractivity contribution in [2.24, 2.45) is 7.05 Å². The minimum atomic E-state index is -0.0539. The Morgan fingerprint density at radius 3 is 3.08 bits per heavy atom. The molecule has 0 unspecified atom stereocenters. The highest BCUT2D eigenvalue weighted by Crippen LogP contribution is 2.24. The highest BCUT2D eigenvalue weighted by atomic mass is 16.1. The highest BCUT2D eigenvalue weighted by molar-refractivity contribution is 5.77. The van der Waals surface area contributed by atoms with E-state index in [0.29, 0.717) is 13.0 Å². The second-order valence-electron chi connectivity index (χ2n) is 6.22. The molecule has 2 N–H and O–H groups in total. The van der Waals surface area contributed by atoms with Gasteiger partial charge < -0.3 is 10.6 Å². The molecule has 4 heterocycles. The van der Waals surface area contributed by atoms with E-state index in [1.165, 1.54) is 0 Å². The Morgan fingerprint density at radius 2 is 2.25 bits per heavy atom. The number of carbonyl (C=O) groups excluding carboxylic acids is 1. The normalized spacial score (nSPS) is 21.1. The lowest BCUT2D eigenvalue weighted by Crippen LogP contribution is -2.48. The lowest BCUT2D eigenvalue weighted by molar-refractivity contribution is -0.123. The van der Waals surface area contributed by atoms with Crippen LogP contribution in [0.25, 0.3) is 5.52 Å². The molecule has 7 nitrogen and oxygen atoms in total. The van der Waals surface area contributed by atoms with Crippen LogP contribution in [0, 0.1) is 0 Å². The molecule has 0 radical (unpaired) electrons. The van der Waals surface area contributed by atoms with E-state index in [9.17, 15) is 4.79 Å². The van der Waals surface area contributed by atoms with Crippen molar-refractivity contribution in [2.75, 3.05) is 0 Å². The van der Waals surface area contributed by atoms with Crippen molar-refractivity contribution >= 4 is 11.4 Å². The van der Waals surface area contributed by atoms with Crippen LogP contribution in [0.4, 0.5) is 0 Å². The zero-order chi connectivity index (χ0) is 16.5. The number of rotatable bonds is 4. The molecule has 3 aromatic heterocycles. The summed E-state index contributed by atoms with van der Waals surface area (Å²) in [5.41, 5.74) is 3.28. The first kappa shape index (κ1) is 14.9. The van der Waals surface area contributed by atoms with Crippen LogP contribution in [0.1, 0.15) is 30.0 Å². The molecular formula is C17H20N6O. The van der Waals surface area contributed by atoms with Crippen LogP contribution in [-0.4, -0.2) is 31.3 Å². The van der Waals surface area contributed by atoms with Crippen LogP contribution in [0.3, 0.4) is 0 Å². The Bertz CT molecular complexity index is 867. The summed E-state index contributed by atoms with van der Waals surface area (Å²) >= 11 is 0. The Hall–Kier alpha value is -2.67. The topological polar surface area (TPSA) is 76.2 Å². The Kier molecular flexibility index (Phi) is 3.78. The molecule has 24 heavy (non-hydrogen) atoms. The summed E-state index contributed by atoms with van der Waals surface area (Å²) in [6.45, 7) is 0.713. The lowest BCUT2D eigenvalue weighted by atomic mass is 9.93. The first-order chi connectivity index (χ1) is 11.7. The number of fused-ring (bicyclic) bond motifs is 1. The minimum Gasteiger partial charge on any atom is -0.348 e. The maximum absolute atomic E-state index is 11.8.